The largest absolute Gasteiger partial charge is 0.350 e. The molecule has 2 amide bonds. The second kappa shape index (κ2) is 8.14. The molecule has 0 atom stereocenters. The summed E-state index contributed by atoms with van der Waals surface area (Å²) in [5.74, 6) is -0.442. The maximum Gasteiger partial charge on any atom is 0.239 e. The fourth-order valence-electron chi connectivity index (χ4n) is 1.79. The van der Waals surface area contributed by atoms with Crippen LogP contribution in [-0.4, -0.2) is 23.3 Å². The van der Waals surface area contributed by atoms with E-state index in [1.54, 1.807) is 36.7 Å². The smallest absolute Gasteiger partial charge is 0.239 e. The fraction of sp³-hybridized carbons (Fsp3) is 0.188. The van der Waals surface area contributed by atoms with Gasteiger partial charge in [0.1, 0.15) is 0 Å². The highest BCUT2D eigenvalue weighted by Crippen LogP contribution is 2.09. The summed E-state index contributed by atoms with van der Waals surface area (Å²) >= 11 is 5.78. The van der Waals surface area contributed by atoms with Crippen molar-refractivity contribution in [2.45, 2.75) is 13.0 Å². The summed E-state index contributed by atoms with van der Waals surface area (Å²) in [6.45, 7) is 0.367. The average Bonchev–Trinajstić information content (AvgIpc) is 2.54. The molecule has 1 heterocycles. The van der Waals surface area contributed by atoms with Crippen molar-refractivity contribution >= 4 is 23.4 Å². The summed E-state index contributed by atoms with van der Waals surface area (Å²) in [7, 11) is 0. The van der Waals surface area contributed by atoms with E-state index in [-0.39, 0.29) is 24.8 Å². The van der Waals surface area contributed by atoms with Crippen molar-refractivity contribution < 1.29 is 9.59 Å². The summed E-state index contributed by atoms with van der Waals surface area (Å²) in [5, 5.41) is 5.94. The van der Waals surface area contributed by atoms with Crippen LogP contribution < -0.4 is 10.6 Å². The molecule has 1 aromatic carbocycles. The van der Waals surface area contributed by atoms with E-state index in [0.717, 1.165) is 11.1 Å². The molecule has 0 aliphatic rings. The molecule has 0 fully saturated rings. The molecule has 5 nitrogen and oxygen atoms in total. The molecule has 0 saturated carbocycles. The zero-order valence-electron chi connectivity index (χ0n) is 11.9. The zero-order chi connectivity index (χ0) is 15.8. The van der Waals surface area contributed by atoms with Crippen molar-refractivity contribution in [2.24, 2.45) is 0 Å². The first-order chi connectivity index (χ1) is 10.6. The van der Waals surface area contributed by atoms with Crippen LogP contribution in [0.1, 0.15) is 11.1 Å². The van der Waals surface area contributed by atoms with Gasteiger partial charge in [0.05, 0.1) is 13.0 Å². The quantitative estimate of drug-likeness (QED) is 0.852. The van der Waals surface area contributed by atoms with E-state index in [9.17, 15) is 9.59 Å². The maximum atomic E-state index is 11.7. The van der Waals surface area contributed by atoms with Crippen LogP contribution in [0.25, 0.3) is 0 Å². The number of carbonyl (C=O) groups excluding carboxylic acids is 2. The highest BCUT2D eigenvalue weighted by molar-refractivity contribution is 6.30. The van der Waals surface area contributed by atoms with Crippen LogP contribution in [-0.2, 0) is 22.6 Å². The molecule has 2 rings (SSSR count). The van der Waals surface area contributed by atoms with Crippen LogP contribution in [0.3, 0.4) is 0 Å². The van der Waals surface area contributed by atoms with E-state index in [1.807, 2.05) is 12.1 Å². The molecule has 0 aliphatic carbocycles. The molecule has 0 unspecified atom stereocenters. The Balaban J connectivity index is 1.69. The minimum Gasteiger partial charge on any atom is -0.350 e. The van der Waals surface area contributed by atoms with Crippen molar-refractivity contribution in [2.75, 3.05) is 6.54 Å². The van der Waals surface area contributed by atoms with E-state index in [1.165, 1.54) is 0 Å². The molecule has 0 bridgehead atoms. The van der Waals surface area contributed by atoms with Gasteiger partial charge in [-0.05, 0) is 35.4 Å². The molecule has 0 aliphatic heterocycles. The number of halogens is 1. The summed E-state index contributed by atoms with van der Waals surface area (Å²) in [4.78, 5) is 27.3. The Bertz CT molecular complexity index is 630. The summed E-state index contributed by atoms with van der Waals surface area (Å²) in [5.41, 5.74) is 1.80. The Kier molecular flexibility index (Phi) is 5.91. The number of rotatable bonds is 6. The minimum atomic E-state index is -0.235. The third kappa shape index (κ3) is 5.54. The molecule has 0 saturated heterocycles. The fourth-order valence-corrected chi connectivity index (χ4v) is 1.92. The van der Waals surface area contributed by atoms with Gasteiger partial charge in [-0.25, -0.2) is 0 Å². The Morgan fingerprint density at radius 1 is 0.909 bits per heavy atom. The number of hydrogen-bond donors (Lipinski definition) is 2. The lowest BCUT2D eigenvalue weighted by Crippen LogP contribution is -2.37. The lowest BCUT2D eigenvalue weighted by Gasteiger charge is -2.07. The van der Waals surface area contributed by atoms with E-state index in [2.05, 4.69) is 15.6 Å². The summed E-state index contributed by atoms with van der Waals surface area (Å²) in [6.07, 6.45) is 3.54. The lowest BCUT2D eigenvalue weighted by atomic mass is 10.1. The monoisotopic (exact) mass is 317 g/mol. The number of benzene rings is 1. The molecule has 1 aromatic heterocycles. The molecular formula is C16H16ClN3O2. The number of amides is 2. The molecule has 2 N–H and O–H groups in total. The van der Waals surface area contributed by atoms with Gasteiger partial charge in [0, 0.05) is 24.0 Å². The van der Waals surface area contributed by atoms with Gasteiger partial charge in [-0.1, -0.05) is 23.7 Å². The summed E-state index contributed by atoms with van der Waals surface area (Å²) in [6, 6.07) is 10.7. The second-order valence-electron chi connectivity index (χ2n) is 4.71. The van der Waals surface area contributed by atoms with Gasteiger partial charge in [-0.2, -0.15) is 0 Å². The van der Waals surface area contributed by atoms with Gasteiger partial charge in [0.15, 0.2) is 0 Å². The number of carbonyl (C=O) groups is 2. The molecule has 2 aromatic rings. The topological polar surface area (TPSA) is 71.1 Å². The van der Waals surface area contributed by atoms with E-state index >= 15 is 0 Å². The van der Waals surface area contributed by atoms with Crippen molar-refractivity contribution in [1.82, 2.24) is 15.6 Å². The van der Waals surface area contributed by atoms with Crippen LogP contribution in [0.2, 0.25) is 5.02 Å². The Hall–Kier alpha value is -2.40. The molecule has 22 heavy (non-hydrogen) atoms. The van der Waals surface area contributed by atoms with Crippen LogP contribution in [0.4, 0.5) is 0 Å². The molecule has 114 valence electrons. The first kappa shape index (κ1) is 16.0. The molecular weight excluding hydrogens is 302 g/mol. The number of nitrogens with one attached hydrogen (secondary N) is 2. The Labute approximate surface area is 133 Å². The van der Waals surface area contributed by atoms with E-state index in [4.69, 9.17) is 11.6 Å². The van der Waals surface area contributed by atoms with Crippen LogP contribution >= 0.6 is 11.6 Å². The maximum absolute atomic E-state index is 11.7. The average molecular weight is 318 g/mol. The van der Waals surface area contributed by atoms with Gasteiger partial charge in [-0.3, -0.25) is 14.6 Å². The van der Waals surface area contributed by atoms with Crippen molar-refractivity contribution in [3.63, 3.8) is 0 Å². The van der Waals surface area contributed by atoms with Crippen LogP contribution in [0.15, 0.2) is 48.8 Å². The highest BCUT2D eigenvalue weighted by Gasteiger charge is 2.06. The van der Waals surface area contributed by atoms with Crippen LogP contribution in [0.5, 0.6) is 0 Å². The van der Waals surface area contributed by atoms with Crippen molar-refractivity contribution in [3.8, 4) is 0 Å². The van der Waals surface area contributed by atoms with Gasteiger partial charge in [0.2, 0.25) is 11.8 Å². The highest BCUT2D eigenvalue weighted by atomic mass is 35.5. The Morgan fingerprint density at radius 3 is 2.27 bits per heavy atom. The lowest BCUT2D eigenvalue weighted by molar-refractivity contribution is -0.125. The van der Waals surface area contributed by atoms with E-state index < -0.39 is 0 Å². The number of nitrogens with zero attached hydrogens (tertiary/aromatic N) is 1. The second-order valence-corrected chi connectivity index (χ2v) is 5.15. The number of aromatic nitrogens is 1. The minimum absolute atomic E-state index is 0.0441. The molecule has 6 heteroatoms. The van der Waals surface area contributed by atoms with Gasteiger partial charge >= 0.3 is 0 Å². The van der Waals surface area contributed by atoms with Crippen molar-refractivity contribution in [1.29, 1.82) is 0 Å². The first-order valence-electron chi connectivity index (χ1n) is 6.80. The first-order valence-corrected chi connectivity index (χ1v) is 7.18. The van der Waals surface area contributed by atoms with E-state index in [0.29, 0.717) is 11.6 Å². The van der Waals surface area contributed by atoms with Gasteiger partial charge < -0.3 is 10.6 Å². The zero-order valence-corrected chi connectivity index (χ0v) is 12.6. The van der Waals surface area contributed by atoms with Crippen LogP contribution in [0, 0.1) is 0 Å². The van der Waals surface area contributed by atoms with Gasteiger partial charge in [0.25, 0.3) is 0 Å². The number of hydrogen-bond acceptors (Lipinski definition) is 3. The predicted octanol–water partition coefficient (Wildman–Crippen LogP) is 1.71. The summed E-state index contributed by atoms with van der Waals surface area (Å²) < 4.78 is 0. The standard InChI is InChI=1S/C16H16ClN3O2/c17-14-3-1-12(2-4-14)9-15(21)20-11-16(22)19-10-13-5-7-18-8-6-13/h1-8H,9-11H2,(H,19,22)(H,20,21). The van der Waals surface area contributed by atoms with Gasteiger partial charge in [-0.15, -0.1) is 0 Å². The Morgan fingerprint density at radius 2 is 1.59 bits per heavy atom. The molecule has 0 spiro atoms. The number of pyridine rings is 1. The predicted molar refractivity (Wildman–Crippen MR) is 84.2 cm³/mol. The molecule has 0 radical (unpaired) electrons. The third-order valence-corrected chi connectivity index (χ3v) is 3.22. The third-order valence-electron chi connectivity index (χ3n) is 2.96. The normalized spacial score (nSPS) is 10.0. The van der Waals surface area contributed by atoms with Crippen molar-refractivity contribution in [3.05, 3.63) is 64.9 Å². The SMILES string of the molecule is O=C(CNC(=O)Cc1ccc(Cl)cc1)NCc1ccncc1.